The van der Waals surface area contributed by atoms with Gasteiger partial charge in [0.05, 0.1) is 29.6 Å². The molecule has 0 bridgehead atoms. The number of halogens is 1. The van der Waals surface area contributed by atoms with Crippen molar-refractivity contribution in [3.05, 3.63) is 80.0 Å². The molecule has 2 amide bonds. The van der Waals surface area contributed by atoms with Crippen LogP contribution in [0.15, 0.2) is 35.4 Å². The molecule has 2 N–H and O–H groups in total. The van der Waals surface area contributed by atoms with Gasteiger partial charge >= 0.3 is 0 Å². The number of nitrogens with zero attached hydrogens (tertiary/aromatic N) is 7. The lowest BCUT2D eigenvalue weighted by Crippen LogP contribution is -2.46. The van der Waals surface area contributed by atoms with Crippen LogP contribution in [0.2, 0.25) is 5.02 Å². The van der Waals surface area contributed by atoms with E-state index in [1.54, 1.807) is 11.8 Å². The largest absolute Gasteiger partial charge is 0.504 e. The van der Waals surface area contributed by atoms with Gasteiger partial charge in [0.2, 0.25) is 11.7 Å². The zero-order valence-corrected chi connectivity index (χ0v) is 28.2. The normalized spacial score (nSPS) is 20.0. The number of hydrogen-bond acceptors (Lipinski definition) is 9. The minimum Gasteiger partial charge on any atom is -0.504 e. The second-order valence-electron chi connectivity index (χ2n) is 13.7. The monoisotopic (exact) mass is 684 g/mol. The molecule has 4 aliphatic rings. The van der Waals surface area contributed by atoms with Crippen molar-refractivity contribution in [1.29, 1.82) is 0 Å². The predicted octanol–water partition coefficient (Wildman–Crippen LogP) is 4.35. The quantitative estimate of drug-likeness (QED) is 0.301. The summed E-state index contributed by atoms with van der Waals surface area (Å²) >= 11 is 6.60. The number of fused-ring (bicyclic) bond motifs is 3. The molecule has 1 spiro atoms. The number of nitrogens with one attached hydrogen (secondary N) is 1. The molecule has 2 fully saturated rings. The van der Waals surface area contributed by atoms with Gasteiger partial charge in [-0.1, -0.05) is 30.7 Å². The molecule has 5 heterocycles. The molecule has 0 unspecified atom stereocenters. The molecule has 1 saturated carbocycles. The van der Waals surface area contributed by atoms with Crippen LogP contribution in [0, 0.1) is 6.92 Å². The molecule has 4 aromatic rings. The van der Waals surface area contributed by atoms with Crippen LogP contribution in [-0.2, 0) is 21.5 Å². The predicted molar refractivity (Wildman–Crippen MR) is 181 cm³/mol. The van der Waals surface area contributed by atoms with Crippen molar-refractivity contribution in [1.82, 2.24) is 34.0 Å². The van der Waals surface area contributed by atoms with Crippen LogP contribution in [0.5, 0.6) is 5.75 Å². The van der Waals surface area contributed by atoms with Crippen LogP contribution in [0.25, 0.3) is 11.4 Å². The summed E-state index contributed by atoms with van der Waals surface area (Å²) in [6.07, 6.45) is 7.85. The first kappa shape index (κ1) is 31.6. The molecular weight excluding hydrogens is 648 g/mol. The molecule has 1 saturated heterocycles. The van der Waals surface area contributed by atoms with E-state index in [2.05, 4.69) is 22.2 Å². The summed E-state index contributed by atoms with van der Waals surface area (Å²) in [4.78, 5) is 56.2. The fraction of sp³-hybridized carbons (Fsp3) is 0.457. The number of piperidine rings is 1. The molecule has 254 valence electrons. The van der Waals surface area contributed by atoms with E-state index in [1.807, 2.05) is 28.8 Å². The SMILES string of the molecule is Cc1ncnc(C(=O)N2CCC3(CC2)C[C@@H](C)c2c3c(=O)n3nc(C4=CCOCC4)nc3n2CC(=O)Nc2ccc(C3CC3)cc2Cl)c1O. The van der Waals surface area contributed by atoms with E-state index < -0.39 is 5.41 Å². The number of aromatic nitrogens is 6. The highest BCUT2D eigenvalue weighted by Crippen LogP contribution is 2.50. The first-order valence-electron chi connectivity index (χ1n) is 16.8. The highest BCUT2D eigenvalue weighted by molar-refractivity contribution is 6.33. The average molecular weight is 685 g/mol. The van der Waals surface area contributed by atoms with Crippen molar-refractivity contribution in [3.63, 3.8) is 0 Å². The summed E-state index contributed by atoms with van der Waals surface area (Å²) in [6, 6.07) is 5.78. The van der Waals surface area contributed by atoms with Crippen molar-refractivity contribution >= 4 is 40.5 Å². The lowest BCUT2D eigenvalue weighted by molar-refractivity contribution is -0.116. The maximum Gasteiger partial charge on any atom is 0.279 e. The van der Waals surface area contributed by atoms with Crippen molar-refractivity contribution in [2.24, 2.45) is 0 Å². The van der Waals surface area contributed by atoms with Crippen LogP contribution < -0.4 is 10.9 Å². The summed E-state index contributed by atoms with van der Waals surface area (Å²) in [5, 5.41) is 18.6. The van der Waals surface area contributed by atoms with Crippen molar-refractivity contribution in [2.75, 3.05) is 31.6 Å². The zero-order valence-electron chi connectivity index (χ0n) is 27.4. The van der Waals surface area contributed by atoms with E-state index in [4.69, 9.17) is 26.4 Å². The summed E-state index contributed by atoms with van der Waals surface area (Å²) in [7, 11) is 0. The van der Waals surface area contributed by atoms with Crippen molar-refractivity contribution in [3.8, 4) is 5.75 Å². The number of aromatic hydroxyl groups is 1. The topological polar surface area (TPSA) is 157 Å². The van der Waals surface area contributed by atoms with Gasteiger partial charge in [0.25, 0.3) is 11.5 Å². The van der Waals surface area contributed by atoms with E-state index in [-0.39, 0.29) is 41.3 Å². The Morgan fingerprint density at radius 3 is 2.69 bits per heavy atom. The lowest BCUT2D eigenvalue weighted by Gasteiger charge is -2.39. The number of carbonyl (C=O) groups is 2. The van der Waals surface area contributed by atoms with E-state index >= 15 is 0 Å². The number of rotatable bonds is 6. The minimum atomic E-state index is -0.537. The van der Waals surface area contributed by atoms with Crippen LogP contribution in [-0.4, -0.2) is 77.3 Å². The molecule has 13 nitrogen and oxygen atoms in total. The van der Waals surface area contributed by atoms with E-state index in [1.165, 1.54) is 16.4 Å². The number of ether oxygens (including phenoxy) is 1. The van der Waals surface area contributed by atoms with E-state index in [0.29, 0.717) is 91.5 Å². The second-order valence-corrected chi connectivity index (χ2v) is 14.2. The highest BCUT2D eigenvalue weighted by Gasteiger charge is 2.49. The standard InChI is InChI=1S/C35H37ClN8O5/c1-19-16-35(9-11-42(12-10-35)33(48)28-30(46)20(2)37-18-38-28)27-29(19)43(17-26(45)39-25-6-5-23(15-24(25)36)21-3-4-21)34-40-31(41-44(34)32(27)47)22-7-13-49-14-8-22/h5-7,15,18-19,21,46H,3-4,8-14,16-17H2,1-2H3,(H,39,45)/t19-/m1/s1. The molecule has 2 aliphatic heterocycles. The van der Waals surface area contributed by atoms with Gasteiger partial charge < -0.3 is 24.6 Å². The van der Waals surface area contributed by atoms with Crippen LogP contribution in [0.1, 0.15) is 96.1 Å². The summed E-state index contributed by atoms with van der Waals surface area (Å²) in [6.45, 7) is 5.32. The van der Waals surface area contributed by atoms with Crippen LogP contribution in [0.3, 0.4) is 0 Å². The lowest BCUT2D eigenvalue weighted by atomic mass is 9.73. The third-order valence-electron chi connectivity index (χ3n) is 10.6. The first-order chi connectivity index (χ1) is 23.6. The maximum absolute atomic E-state index is 14.5. The molecule has 1 atom stereocenters. The van der Waals surface area contributed by atoms with E-state index in [0.717, 1.165) is 24.1 Å². The number of likely N-dealkylation sites (tertiary alicyclic amines) is 1. The maximum atomic E-state index is 14.5. The average Bonchev–Trinajstić information content (AvgIpc) is 3.78. The third-order valence-corrected chi connectivity index (χ3v) is 10.9. The summed E-state index contributed by atoms with van der Waals surface area (Å²) in [5.41, 5.74) is 3.52. The number of anilines is 1. The van der Waals surface area contributed by atoms with Gasteiger partial charge in [0.15, 0.2) is 17.3 Å². The summed E-state index contributed by atoms with van der Waals surface area (Å²) in [5.74, 6) is 0.328. The van der Waals surface area contributed by atoms with Gasteiger partial charge in [0, 0.05) is 29.8 Å². The Bertz CT molecular complexity index is 2110. The van der Waals surface area contributed by atoms with Crippen molar-refractivity contribution < 1.29 is 19.4 Å². The smallest absolute Gasteiger partial charge is 0.279 e. The molecular formula is C35H37ClN8O5. The van der Waals surface area contributed by atoms with E-state index in [9.17, 15) is 19.5 Å². The number of hydrogen-bond donors (Lipinski definition) is 2. The Morgan fingerprint density at radius 1 is 1.18 bits per heavy atom. The molecule has 3 aromatic heterocycles. The van der Waals surface area contributed by atoms with Gasteiger partial charge in [-0.2, -0.15) is 9.50 Å². The number of benzene rings is 1. The Labute approximate surface area is 287 Å². The molecule has 8 rings (SSSR count). The van der Waals surface area contributed by atoms with Gasteiger partial charge in [-0.3, -0.25) is 14.4 Å². The summed E-state index contributed by atoms with van der Waals surface area (Å²) < 4.78 is 8.67. The number of amides is 2. The zero-order chi connectivity index (χ0) is 34.0. The number of carbonyl (C=O) groups excluding carboxylic acids is 2. The molecule has 49 heavy (non-hydrogen) atoms. The highest BCUT2D eigenvalue weighted by atomic mass is 35.5. The molecule has 0 radical (unpaired) electrons. The Morgan fingerprint density at radius 2 is 1.98 bits per heavy atom. The fourth-order valence-corrected chi connectivity index (χ4v) is 8.13. The second kappa shape index (κ2) is 12.1. The van der Waals surface area contributed by atoms with Gasteiger partial charge in [-0.05, 0) is 80.6 Å². The van der Waals surface area contributed by atoms with Gasteiger partial charge in [-0.25, -0.2) is 9.97 Å². The molecule has 2 aliphatic carbocycles. The minimum absolute atomic E-state index is 0.0291. The number of aryl methyl sites for hydroxylation is 1. The first-order valence-corrected chi connectivity index (χ1v) is 17.2. The third kappa shape index (κ3) is 5.48. The van der Waals surface area contributed by atoms with Gasteiger partial charge in [0.1, 0.15) is 12.9 Å². The van der Waals surface area contributed by atoms with Crippen molar-refractivity contribution in [2.45, 2.75) is 76.2 Å². The van der Waals surface area contributed by atoms with Crippen LogP contribution >= 0.6 is 11.6 Å². The molecule has 1 aromatic carbocycles. The molecule has 14 heteroatoms. The van der Waals surface area contributed by atoms with Gasteiger partial charge in [-0.15, -0.1) is 5.10 Å². The Balaban J connectivity index is 1.16. The fourth-order valence-electron chi connectivity index (χ4n) is 7.89. The Kier molecular flexibility index (Phi) is 7.79. The van der Waals surface area contributed by atoms with Crippen LogP contribution in [0.4, 0.5) is 5.69 Å². The Hall–Kier alpha value is -4.62.